The average molecular weight is 376 g/mol. The number of nitrogens with one attached hydrogen (secondary N) is 1. The molecule has 2 heterocycles. The maximum atomic E-state index is 10.8. The Labute approximate surface area is 157 Å². The molecule has 2 atom stereocenters. The second kappa shape index (κ2) is 8.33. The van der Waals surface area contributed by atoms with Gasteiger partial charge in [0, 0.05) is 37.3 Å². The summed E-state index contributed by atoms with van der Waals surface area (Å²) in [5, 5.41) is 14.4. The molecule has 1 aliphatic rings. The van der Waals surface area contributed by atoms with E-state index in [-0.39, 0.29) is 6.04 Å². The van der Waals surface area contributed by atoms with E-state index in [0.29, 0.717) is 23.9 Å². The van der Waals surface area contributed by atoms with Crippen molar-refractivity contribution in [3.05, 3.63) is 47.2 Å². The first-order chi connectivity index (χ1) is 12.6. The van der Waals surface area contributed by atoms with Crippen LogP contribution in [0.2, 0.25) is 5.02 Å². The van der Waals surface area contributed by atoms with Gasteiger partial charge in [0.2, 0.25) is 6.41 Å². The number of aliphatic hydroxyl groups is 1. The van der Waals surface area contributed by atoms with Crippen molar-refractivity contribution in [1.82, 2.24) is 14.9 Å². The quantitative estimate of drug-likeness (QED) is 0.751. The number of halogens is 1. The molecule has 7 nitrogen and oxygen atoms in total. The molecule has 1 aromatic heterocycles. The molecule has 0 aliphatic carbocycles. The first-order valence-electron chi connectivity index (χ1n) is 8.53. The highest BCUT2D eigenvalue weighted by atomic mass is 35.5. The molecule has 0 saturated carbocycles. The maximum absolute atomic E-state index is 10.8. The van der Waals surface area contributed by atoms with Crippen LogP contribution in [-0.4, -0.2) is 58.6 Å². The van der Waals surface area contributed by atoms with Crippen molar-refractivity contribution in [1.29, 1.82) is 0 Å². The number of aromatic nitrogens is 2. The van der Waals surface area contributed by atoms with Crippen LogP contribution in [0.5, 0.6) is 0 Å². The van der Waals surface area contributed by atoms with Crippen molar-refractivity contribution in [3.63, 3.8) is 0 Å². The highest BCUT2D eigenvalue weighted by Crippen LogP contribution is 2.22. The summed E-state index contributed by atoms with van der Waals surface area (Å²) >= 11 is 5.89. The molecule has 3 rings (SSSR count). The molecule has 8 heteroatoms. The van der Waals surface area contributed by atoms with Crippen molar-refractivity contribution in [2.45, 2.75) is 19.1 Å². The standard InChI is InChI=1S/C18H22ClN5O2/c1-13(18(26)14-2-4-15(19)5-3-14)22-16-10-17(21-11-20-16)24-8-6-23(12-25)7-9-24/h2-5,10-13,18,26H,6-9H2,1H3,(H,20,21,22). The Bertz CT molecular complexity index is 735. The number of hydrogen-bond donors (Lipinski definition) is 2. The molecule has 1 fully saturated rings. The molecule has 26 heavy (non-hydrogen) atoms. The highest BCUT2D eigenvalue weighted by Gasteiger charge is 2.19. The smallest absolute Gasteiger partial charge is 0.209 e. The van der Waals surface area contributed by atoms with Crippen LogP contribution in [0.4, 0.5) is 11.6 Å². The number of rotatable bonds is 6. The van der Waals surface area contributed by atoms with Gasteiger partial charge in [-0.05, 0) is 24.6 Å². The molecule has 0 radical (unpaired) electrons. The van der Waals surface area contributed by atoms with Gasteiger partial charge in [-0.3, -0.25) is 4.79 Å². The zero-order valence-corrected chi connectivity index (χ0v) is 15.3. The van der Waals surface area contributed by atoms with Gasteiger partial charge in [-0.2, -0.15) is 0 Å². The van der Waals surface area contributed by atoms with Crippen molar-refractivity contribution in [2.75, 3.05) is 36.4 Å². The summed E-state index contributed by atoms with van der Waals surface area (Å²) in [6, 6.07) is 8.75. The SMILES string of the molecule is CC(Nc1cc(N2CCN(C=O)CC2)ncn1)C(O)c1ccc(Cl)cc1. The van der Waals surface area contributed by atoms with Gasteiger partial charge < -0.3 is 20.2 Å². The van der Waals surface area contributed by atoms with Gasteiger partial charge in [0.1, 0.15) is 18.0 Å². The van der Waals surface area contributed by atoms with E-state index in [1.807, 2.05) is 25.1 Å². The zero-order chi connectivity index (χ0) is 18.5. The van der Waals surface area contributed by atoms with Crippen LogP contribution < -0.4 is 10.2 Å². The number of carbonyl (C=O) groups is 1. The molecular formula is C18H22ClN5O2. The first kappa shape index (κ1) is 18.4. The van der Waals surface area contributed by atoms with Crippen LogP contribution >= 0.6 is 11.6 Å². The molecule has 0 spiro atoms. The zero-order valence-electron chi connectivity index (χ0n) is 14.5. The van der Waals surface area contributed by atoms with Gasteiger partial charge in [-0.25, -0.2) is 9.97 Å². The average Bonchev–Trinajstić information content (AvgIpc) is 2.68. The lowest BCUT2D eigenvalue weighted by atomic mass is 10.0. The number of benzene rings is 1. The Morgan fingerprint density at radius 3 is 2.54 bits per heavy atom. The molecule has 1 aliphatic heterocycles. The van der Waals surface area contributed by atoms with E-state index in [1.54, 1.807) is 17.0 Å². The van der Waals surface area contributed by atoms with Gasteiger partial charge in [0.15, 0.2) is 0 Å². The van der Waals surface area contributed by atoms with Gasteiger partial charge in [0.05, 0.1) is 12.1 Å². The number of amides is 1. The van der Waals surface area contributed by atoms with E-state index in [4.69, 9.17) is 11.6 Å². The summed E-state index contributed by atoms with van der Waals surface area (Å²) in [4.78, 5) is 23.3. The Morgan fingerprint density at radius 1 is 1.19 bits per heavy atom. The fourth-order valence-corrected chi connectivity index (χ4v) is 3.04. The fourth-order valence-electron chi connectivity index (χ4n) is 2.92. The Balaban J connectivity index is 1.64. The summed E-state index contributed by atoms with van der Waals surface area (Å²) in [5.41, 5.74) is 0.786. The molecule has 1 aromatic carbocycles. The largest absolute Gasteiger partial charge is 0.386 e. The summed E-state index contributed by atoms with van der Waals surface area (Å²) < 4.78 is 0. The monoisotopic (exact) mass is 375 g/mol. The predicted octanol–water partition coefficient (Wildman–Crippen LogP) is 1.94. The number of nitrogens with zero attached hydrogens (tertiary/aromatic N) is 4. The maximum Gasteiger partial charge on any atom is 0.209 e. The number of anilines is 2. The van der Waals surface area contributed by atoms with E-state index in [9.17, 15) is 9.90 Å². The highest BCUT2D eigenvalue weighted by molar-refractivity contribution is 6.30. The van der Waals surface area contributed by atoms with Crippen LogP contribution in [0.15, 0.2) is 36.7 Å². The van der Waals surface area contributed by atoms with Gasteiger partial charge >= 0.3 is 0 Å². The third kappa shape index (κ3) is 4.42. The normalized spacial score (nSPS) is 16.9. The van der Waals surface area contributed by atoms with Crippen molar-refractivity contribution in [3.8, 4) is 0 Å². The Morgan fingerprint density at radius 2 is 1.88 bits per heavy atom. The van der Waals surface area contributed by atoms with Gasteiger partial charge in [-0.15, -0.1) is 0 Å². The topological polar surface area (TPSA) is 81.6 Å². The summed E-state index contributed by atoms with van der Waals surface area (Å²) in [6.45, 7) is 4.73. The van der Waals surface area contributed by atoms with Crippen molar-refractivity contribution in [2.24, 2.45) is 0 Å². The predicted molar refractivity (Wildman–Crippen MR) is 101 cm³/mol. The van der Waals surface area contributed by atoms with Crippen LogP contribution in [0.25, 0.3) is 0 Å². The second-order valence-electron chi connectivity index (χ2n) is 6.32. The molecule has 2 unspecified atom stereocenters. The van der Waals surface area contributed by atoms with E-state index < -0.39 is 6.10 Å². The van der Waals surface area contributed by atoms with Crippen molar-refractivity contribution < 1.29 is 9.90 Å². The number of aliphatic hydroxyl groups excluding tert-OH is 1. The molecule has 1 amide bonds. The number of carbonyl (C=O) groups excluding carboxylic acids is 1. The van der Waals surface area contributed by atoms with E-state index >= 15 is 0 Å². The Hall–Kier alpha value is -2.38. The summed E-state index contributed by atoms with van der Waals surface area (Å²) in [5.74, 6) is 1.45. The lowest BCUT2D eigenvalue weighted by molar-refractivity contribution is -0.118. The van der Waals surface area contributed by atoms with Crippen LogP contribution in [0.3, 0.4) is 0 Å². The summed E-state index contributed by atoms with van der Waals surface area (Å²) in [6.07, 6.45) is 1.69. The number of piperazine rings is 1. The first-order valence-corrected chi connectivity index (χ1v) is 8.91. The minimum atomic E-state index is -0.693. The third-order valence-corrected chi connectivity index (χ3v) is 4.75. The molecule has 2 aromatic rings. The van der Waals surface area contributed by atoms with Crippen LogP contribution in [0.1, 0.15) is 18.6 Å². The molecule has 0 bridgehead atoms. The lowest BCUT2D eigenvalue weighted by Gasteiger charge is -2.33. The van der Waals surface area contributed by atoms with Gasteiger partial charge in [-0.1, -0.05) is 23.7 Å². The van der Waals surface area contributed by atoms with Crippen LogP contribution in [0, 0.1) is 0 Å². The minimum Gasteiger partial charge on any atom is -0.386 e. The van der Waals surface area contributed by atoms with Crippen molar-refractivity contribution >= 4 is 29.6 Å². The lowest BCUT2D eigenvalue weighted by Crippen LogP contribution is -2.46. The number of hydrogen-bond acceptors (Lipinski definition) is 6. The summed E-state index contributed by atoms with van der Waals surface area (Å²) in [7, 11) is 0. The molecule has 1 saturated heterocycles. The van der Waals surface area contributed by atoms with E-state index in [0.717, 1.165) is 30.9 Å². The fraction of sp³-hybridized carbons (Fsp3) is 0.389. The third-order valence-electron chi connectivity index (χ3n) is 4.50. The Kier molecular flexibility index (Phi) is 5.90. The minimum absolute atomic E-state index is 0.245. The molecule has 2 N–H and O–H groups in total. The van der Waals surface area contributed by atoms with Crippen LogP contribution in [-0.2, 0) is 4.79 Å². The van der Waals surface area contributed by atoms with E-state index in [2.05, 4.69) is 20.2 Å². The molecule has 138 valence electrons. The second-order valence-corrected chi connectivity index (χ2v) is 6.76. The van der Waals surface area contributed by atoms with Gasteiger partial charge in [0.25, 0.3) is 0 Å². The van der Waals surface area contributed by atoms with E-state index in [1.165, 1.54) is 6.33 Å². The molecular weight excluding hydrogens is 354 g/mol.